The summed E-state index contributed by atoms with van der Waals surface area (Å²) in [6, 6.07) is 1.18. The fourth-order valence-corrected chi connectivity index (χ4v) is 11.1. The first-order chi connectivity index (χ1) is 35.3. The first kappa shape index (κ1) is 65.3. The number of nitrogen functional groups attached to an aromatic ring is 1. The van der Waals surface area contributed by atoms with Gasteiger partial charge in [-0.3, -0.25) is 28.0 Å². The molecule has 1 aromatic rings. The SMILES string of the molecule is CCCCCCCCCCCCCCCCCC(=O)OC[C@@H]1COP(=O)(O)OP(=O)(O)OC[C@H]2O[C@@H](n3ccc(N)nc3=O)[C@@H](CC(=O)CCCCC(=O)O1)[C@@H](O)C[C@@H](O)[C@H](/C=C\[C@@H](O)CCCCC)[C@H](O)[C@@H]2O. The van der Waals surface area contributed by atoms with Crippen LogP contribution in [0.2, 0.25) is 0 Å². The van der Waals surface area contributed by atoms with Crippen LogP contribution in [0, 0.1) is 11.8 Å². The Labute approximate surface area is 435 Å². The molecule has 2 aliphatic heterocycles. The van der Waals surface area contributed by atoms with Crippen LogP contribution in [0.15, 0.2) is 29.2 Å². The monoisotopic (exact) mass is 1100 g/mol. The van der Waals surface area contributed by atoms with E-state index in [1.807, 2.05) is 6.92 Å². The number of phosphoric acid groups is 2. The molecular formula is C50H87N3O19P2. The van der Waals surface area contributed by atoms with Crippen LogP contribution in [0.1, 0.15) is 187 Å². The van der Waals surface area contributed by atoms with Crippen molar-refractivity contribution in [1.82, 2.24) is 9.55 Å². The van der Waals surface area contributed by atoms with Gasteiger partial charge in [0.1, 0.15) is 36.6 Å². The Hall–Kier alpha value is -2.95. The van der Waals surface area contributed by atoms with Gasteiger partial charge in [0.2, 0.25) is 0 Å². The summed E-state index contributed by atoms with van der Waals surface area (Å²) in [5, 5.41) is 57.4. The van der Waals surface area contributed by atoms with Gasteiger partial charge in [0, 0.05) is 50.1 Å². The normalized spacial score (nSPS) is 29.9. The fourth-order valence-electron chi connectivity index (χ4n) is 9.01. The van der Waals surface area contributed by atoms with E-state index in [-0.39, 0.29) is 37.9 Å². The number of Topliss-reactive ketones (excluding diaryl/α,β-unsaturated/α-hetero) is 1. The van der Waals surface area contributed by atoms with Gasteiger partial charge < -0.3 is 55.3 Å². The van der Waals surface area contributed by atoms with E-state index < -0.39 is 133 Å². The lowest BCUT2D eigenvalue weighted by molar-refractivity contribution is -0.196. The largest absolute Gasteiger partial charge is 0.481 e. The van der Waals surface area contributed by atoms with Crippen LogP contribution in [0.25, 0.3) is 0 Å². The molecule has 24 heteroatoms. The number of nitrogens with two attached hydrogens (primary N) is 1. The highest BCUT2D eigenvalue weighted by Crippen LogP contribution is 2.60. The van der Waals surface area contributed by atoms with Gasteiger partial charge in [0.15, 0.2) is 6.10 Å². The number of esters is 2. The van der Waals surface area contributed by atoms with Gasteiger partial charge in [-0.25, -0.2) is 13.9 Å². The number of nitrogens with zero attached hydrogens (tertiary/aromatic N) is 2. The maximum Gasteiger partial charge on any atom is 0.481 e. The molecule has 2 aliphatic rings. The van der Waals surface area contributed by atoms with Crippen molar-refractivity contribution in [2.24, 2.45) is 11.8 Å². The highest BCUT2D eigenvalue weighted by atomic mass is 31.3. The first-order valence-corrected chi connectivity index (χ1v) is 29.9. The van der Waals surface area contributed by atoms with E-state index in [9.17, 15) is 63.6 Å². The summed E-state index contributed by atoms with van der Waals surface area (Å²) in [5.74, 6) is -5.15. The highest BCUT2D eigenvalue weighted by molar-refractivity contribution is 7.61. The molecule has 9 N–H and O–H groups in total. The van der Waals surface area contributed by atoms with E-state index in [0.717, 1.165) is 49.3 Å². The molecule has 3 rings (SSSR count). The van der Waals surface area contributed by atoms with Crippen LogP contribution < -0.4 is 11.4 Å². The molecule has 0 spiro atoms. The minimum Gasteiger partial charge on any atom is -0.462 e. The van der Waals surface area contributed by atoms with Crippen LogP contribution >= 0.6 is 15.6 Å². The topological polar surface area (TPSA) is 343 Å². The molecule has 2 unspecified atom stereocenters. The summed E-state index contributed by atoms with van der Waals surface area (Å²) >= 11 is 0. The van der Waals surface area contributed by atoms with Crippen molar-refractivity contribution in [1.29, 1.82) is 0 Å². The summed E-state index contributed by atoms with van der Waals surface area (Å²) in [6.45, 7) is 1.34. The van der Waals surface area contributed by atoms with Crippen molar-refractivity contribution in [2.75, 3.05) is 25.6 Å². The van der Waals surface area contributed by atoms with Crippen LogP contribution in [-0.2, 0) is 51.1 Å². The van der Waals surface area contributed by atoms with Gasteiger partial charge >= 0.3 is 33.3 Å². The number of carbonyl (C=O) groups excluding carboxylic acids is 3. The standard InChI is InChI=1S/C50H87N3O19P2/c1-3-5-7-8-9-10-11-12-13-14-15-16-17-18-20-25-45(58)67-33-38-34-68-73(63,64)72-74(65,66)69-35-43-48(61)47(60)39(28-27-36(54)23-19-6-4-2)41(56)32-42(57)40(31-37(55)24-21-22-26-46(59)70-38)49(71-43)53-30-29-44(51)52-50(53)62/h27-30,36,38-43,47-49,54,56-57,60-61H,3-26,31-35H2,1-2H3,(H,63,64)(H,65,66)(H2,51,52,62)/b28-27-/t36-,38+,39-,40-,41+,42-,43+,47-,48+,49+/m0/s1. The number of aliphatic hydroxyl groups is 5. The van der Waals surface area contributed by atoms with E-state index in [1.165, 1.54) is 82.4 Å². The molecule has 2 saturated heterocycles. The molecule has 0 saturated carbocycles. The molecule has 0 aliphatic carbocycles. The number of anilines is 1. The highest BCUT2D eigenvalue weighted by Gasteiger charge is 2.45. The predicted molar refractivity (Wildman–Crippen MR) is 273 cm³/mol. The zero-order valence-corrected chi connectivity index (χ0v) is 45.3. The van der Waals surface area contributed by atoms with Gasteiger partial charge in [0.05, 0.1) is 37.6 Å². The molecule has 74 heavy (non-hydrogen) atoms. The average Bonchev–Trinajstić information content (AvgIpc) is 3.33. The number of aliphatic hydroxyl groups excluding tert-OH is 5. The van der Waals surface area contributed by atoms with E-state index in [4.69, 9.17) is 29.0 Å². The summed E-state index contributed by atoms with van der Waals surface area (Å²) in [7, 11) is -11.4. The zero-order chi connectivity index (χ0) is 54.5. The number of fused-ring (bicyclic) bond motifs is 3. The van der Waals surface area contributed by atoms with E-state index in [1.54, 1.807) is 0 Å². The summed E-state index contributed by atoms with van der Waals surface area (Å²) in [5.41, 5.74) is 4.67. The van der Waals surface area contributed by atoms with E-state index >= 15 is 0 Å². The third kappa shape index (κ3) is 25.9. The second kappa shape index (κ2) is 35.5. The fraction of sp³-hybridized carbons (Fsp3) is 0.820. The number of ether oxygens (including phenoxy) is 3. The van der Waals surface area contributed by atoms with E-state index in [0.29, 0.717) is 19.3 Å². The summed E-state index contributed by atoms with van der Waals surface area (Å²) in [4.78, 5) is 77.9. The Morgan fingerprint density at radius 3 is 1.99 bits per heavy atom. The molecular weight excluding hydrogens is 1010 g/mol. The smallest absolute Gasteiger partial charge is 0.462 e. The van der Waals surface area contributed by atoms with Crippen molar-refractivity contribution >= 4 is 39.2 Å². The number of carbonyl (C=O) groups is 3. The van der Waals surface area contributed by atoms with Gasteiger partial charge in [-0.15, -0.1) is 0 Å². The first-order valence-electron chi connectivity index (χ1n) is 26.9. The second-order valence-electron chi connectivity index (χ2n) is 19.7. The Balaban J connectivity index is 1.78. The van der Waals surface area contributed by atoms with Crippen molar-refractivity contribution in [3.05, 3.63) is 34.9 Å². The number of hydrogen-bond acceptors (Lipinski definition) is 19. The van der Waals surface area contributed by atoms with Crippen molar-refractivity contribution < 1.29 is 86.4 Å². The number of ketones is 1. The molecule has 3 heterocycles. The molecule has 1 aromatic heterocycles. The Bertz CT molecular complexity index is 1980. The molecule has 12 atom stereocenters. The Kier molecular flexibility index (Phi) is 31.3. The molecule has 0 amide bonds. The number of cyclic esters (lactones) is 1. The maximum atomic E-state index is 13.7. The summed E-state index contributed by atoms with van der Waals surface area (Å²) < 4.78 is 58.7. The number of hydrogen-bond donors (Lipinski definition) is 8. The van der Waals surface area contributed by atoms with Gasteiger partial charge in [-0.1, -0.05) is 135 Å². The molecule has 426 valence electrons. The number of aromatic nitrogens is 2. The van der Waals surface area contributed by atoms with Crippen LogP contribution in [0.3, 0.4) is 0 Å². The quantitative estimate of drug-likeness (QED) is 0.0216. The minimum absolute atomic E-state index is 0.0588. The Morgan fingerprint density at radius 2 is 1.38 bits per heavy atom. The third-order valence-electron chi connectivity index (χ3n) is 13.3. The second-order valence-corrected chi connectivity index (χ2v) is 22.7. The molecule has 22 nitrogen and oxygen atoms in total. The van der Waals surface area contributed by atoms with Gasteiger partial charge in [-0.05, 0) is 31.7 Å². The lowest BCUT2D eigenvalue weighted by Crippen LogP contribution is -2.52. The van der Waals surface area contributed by atoms with Crippen molar-refractivity contribution in [3.8, 4) is 0 Å². The van der Waals surface area contributed by atoms with Crippen molar-refractivity contribution in [3.63, 3.8) is 0 Å². The van der Waals surface area contributed by atoms with Gasteiger partial charge in [-0.2, -0.15) is 9.29 Å². The number of unbranched alkanes of at least 4 members (excludes halogenated alkanes) is 16. The Morgan fingerprint density at radius 1 is 0.811 bits per heavy atom. The van der Waals surface area contributed by atoms with E-state index in [2.05, 4.69) is 16.2 Å². The molecule has 2 bridgehead atoms. The average molecular weight is 1100 g/mol. The maximum absolute atomic E-state index is 13.7. The molecule has 2 fully saturated rings. The molecule has 0 aromatic carbocycles. The zero-order valence-electron chi connectivity index (χ0n) is 43.5. The predicted octanol–water partition coefficient (Wildman–Crippen LogP) is 6.79. The van der Waals surface area contributed by atoms with Crippen LogP contribution in [0.5, 0.6) is 0 Å². The summed E-state index contributed by atoms with van der Waals surface area (Å²) in [6.07, 6.45) is 8.12. The third-order valence-corrected chi connectivity index (χ3v) is 15.9. The van der Waals surface area contributed by atoms with Crippen LogP contribution in [-0.4, -0.2) is 125 Å². The number of phosphoric ester groups is 2. The number of rotatable bonds is 25. The lowest BCUT2D eigenvalue weighted by atomic mass is 9.82. The van der Waals surface area contributed by atoms with Crippen molar-refractivity contribution in [2.45, 2.75) is 230 Å². The lowest BCUT2D eigenvalue weighted by Gasteiger charge is -2.40. The van der Waals surface area contributed by atoms with Crippen LogP contribution in [0.4, 0.5) is 5.82 Å². The van der Waals surface area contributed by atoms with Gasteiger partial charge in [0.25, 0.3) is 0 Å². The molecule has 0 radical (unpaired) electrons. The minimum atomic E-state index is -5.75.